The van der Waals surface area contributed by atoms with Gasteiger partial charge >= 0.3 is 5.97 Å². The molecule has 2 aromatic heterocycles. The number of piperidine rings is 1. The van der Waals surface area contributed by atoms with E-state index < -0.39 is 5.97 Å². The van der Waals surface area contributed by atoms with E-state index in [0.717, 1.165) is 11.3 Å². The number of anilines is 1. The van der Waals surface area contributed by atoms with Gasteiger partial charge < -0.3 is 29.9 Å². The summed E-state index contributed by atoms with van der Waals surface area (Å²) in [7, 11) is 0. The second-order valence-corrected chi connectivity index (χ2v) is 10.5. The van der Waals surface area contributed by atoms with Crippen LogP contribution in [0.15, 0.2) is 0 Å². The number of nitrogens with one attached hydrogen (secondary N) is 2. The Morgan fingerprint density at radius 1 is 1.21 bits per heavy atom. The molecule has 4 heterocycles. The summed E-state index contributed by atoms with van der Waals surface area (Å²) in [6.45, 7) is 5.01. The Kier molecular flexibility index (Phi) is 6.21. The highest BCUT2D eigenvalue weighted by Crippen LogP contribution is 2.48. The van der Waals surface area contributed by atoms with Gasteiger partial charge in [0.05, 0.1) is 35.4 Å². The summed E-state index contributed by atoms with van der Waals surface area (Å²) in [5.41, 5.74) is 1.19. The number of aromatic nitrogens is 2. The fourth-order valence-corrected chi connectivity index (χ4v) is 6.03. The van der Waals surface area contributed by atoms with E-state index >= 15 is 0 Å². The Balaban J connectivity index is 1.21. The zero-order valence-corrected chi connectivity index (χ0v) is 20.6. The Hall–Kier alpha value is -2.34. The summed E-state index contributed by atoms with van der Waals surface area (Å²) in [4.78, 5) is 48.2. The predicted octanol–water partition coefficient (Wildman–Crippen LogP) is 2.05. The Morgan fingerprint density at radius 2 is 1.88 bits per heavy atom. The van der Waals surface area contributed by atoms with Gasteiger partial charge in [-0.25, -0.2) is 9.78 Å². The van der Waals surface area contributed by atoms with E-state index in [1.807, 2.05) is 4.90 Å². The number of amides is 2. The van der Waals surface area contributed by atoms with Crippen LogP contribution in [0, 0.1) is 18.8 Å². The lowest BCUT2D eigenvalue weighted by Gasteiger charge is -2.26. The molecule has 2 saturated heterocycles. The first-order valence-corrected chi connectivity index (χ1v) is 12.5. The molecule has 1 saturated carbocycles. The molecule has 13 heteroatoms. The van der Waals surface area contributed by atoms with E-state index in [4.69, 9.17) is 27.9 Å². The molecule has 0 spiro atoms. The van der Waals surface area contributed by atoms with Crippen LogP contribution in [-0.4, -0.2) is 83.2 Å². The van der Waals surface area contributed by atoms with Crippen molar-refractivity contribution in [2.75, 3.05) is 44.3 Å². The highest BCUT2D eigenvalue weighted by atomic mass is 35.5. The van der Waals surface area contributed by atoms with Crippen LogP contribution < -0.4 is 10.2 Å². The molecule has 182 valence electrons. The lowest BCUT2D eigenvalue weighted by atomic mass is 10.2. The van der Waals surface area contributed by atoms with Gasteiger partial charge in [-0.1, -0.05) is 34.5 Å². The molecule has 3 fully saturated rings. The number of aryl methyl sites for hydroxylation is 1. The number of aromatic amines is 1. The van der Waals surface area contributed by atoms with Crippen molar-refractivity contribution in [3.8, 4) is 0 Å². The standard InChI is InChI=1S/C21H23Cl2N5O5S/c1-9-14(22)15(23)17(24-9)19(30)26-16-10-7-28(8-11(10)16)21-25-12(18(34-21)20(31)32)6-13(29)27-2-4-33-5-3-27/h10-11,16,24H,2-8H2,1H3,(H,26,30)(H,31,32)/t10-,11+,16+. The maximum Gasteiger partial charge on any atom is 0.347 e. The molecule has 0 unspecified atom stereocenters. The molecule has 0 aromatic carbocycles. The van der Waals surface area contributed by atoms with Crippen molar-refractivity contribution >= 4 is 57.5 Å². The molecule has 3 N–H and O–H groups in total. The van der Waals surface area contributed by atoms with Crippen LogP contribution in [0.4, 0.5) is 5.13 Å². The van der Waals surface area contributed by atoms with E-state index in [-0.39, 0.29) is 51.7 Å². The van der Waals surface area contributed by atoms with Crippen LogP contribution in [0.3, 0.4) is 0 Å². The topological polar surface area (TPSA) is 128 Å². The predicted molar refractivity (Wildman–Crippen MR) is 126 cm³/mol. The molecule has 1 aliphatic carbocycles. The van der Waals surface area contributed by atoms with Gasteiger partial charge in [0.15, 0.2) is 5.13 Å². The third-order valence-corrected chi connectivity index (χ3v) is 8.70. The lowest BCUT2D eigenvalue weighted by molar-refractivity contribution is -0.134. The van der Waals surface area contributed by atoms with Gasteiger partial charge in [0.1, 0.15) is 10.6 Å². The van der Waals surface area contributed by atoms with E-state index in [0.29, 0.717) is 60.9 Å². The molecule has 34 heavy (non-hydrogen) atoms. The number of halogens is 2. The normalized spacial score (nSPS) is 23.7. The van der Waals surface area contributed by atoms with E-state index in [1.165, 1.54) is 0 Å². The summed E-state index contributed by atoms with van der Waals surface area (Å²) < 4.78 is 5.27. The third kappa shape index (κ3) is 4.26. The van der Waals surface area contributed by atoms with Crippen molar-refractivity contribution in [3.63, 3.8) is 0 Å². The highest BCUT2D eigenvalue weighted by molar-refractivity contribution is 7.17. The number of rotatable bonds is 6. The molecule has 0 radical (unpaired) electrons. The Labute approximate surface area is 209 Å². The van der Waals surface area contributed by atoms with Crippen molar-refractivity contribution in [3.05, 3.63) is 32.0 Å². The van der Waals surface area contributed by atoms with Crippen LogP contribution in [-0.2, 0) is 16.0 Å². The van der Waals surface area contributed by atoms with Crippen molar-refractivity contribution < 1.29 is 24.2 Å². The zero-order chi connectivity index (χ0) is 24.1. The van der Waals surface area contributed by atoms with Gasteiger partial charge in [0.25, 0.3) is 5.91 Å². The van der Waals surface area contributed by atoms with Crippen molar-refractivity contribution in [1.82, 2.24) is 20.2 Å². The number of aromatic carboxylic acids is 1. The molecular weight excluding hydrogens is 505 g/mol. The summed E-state index contributed by atoms with van der Waals surface area (Å²) in [5.74, 6) is -1.04. The van der Waals surface area contributed by atoms with Crippen LogP contribution in [0.25, 0.3) is 0 Å². The zero-order valence-electron chi connectivity index (χ0n) is 18.3. The average Bonchev–Trinajstić information content (AvgIpc) is 3.19. The van der Waals surface area contributed by atoms with Crippen molar-refractivity contribution in [2.45, 2.75) is 19.4 Å². The molecule has 5 rings (SSSR count). The number of hydrogen-bond donors (Lipinski definition) is 3. The van der Waals surface area contributed by atoms with Gasteiger partial charge in [0.2, 0.25) is 5.91 Å². The number of morpholine rings is 1. The second-order valence-electron chi connectivity index (χ2n) is 8.73. The Morgan fingerprint density at radius 3 is 2.47 bits per heavy atom. The monoisotopic (exact) mass is 527 g/mol. The number of carboxylic acids is 1. The third-order valence-electron chi connectivity index (χ3n) is 6.61. The highest BCUT2D eigenvalue weighted by Gasteiger charge is 2.57. The molecule has 3 aliphatic rings. The number of nitrogens with zero attached hydrogens (tertiary/aromatic N) is 3. The first-order valence-electron chi connectivity index (χ1n) is 10.9. The quantitative estimate of drug-likeness (QED) is 0.524. The van der Waals surface area contributed by atoms with Crippen LogP contribution in [0.1, 0.15) is 31.5 Å². The first-order chi connectivity index (χ1) is 16.2. The number of carbonyl (C=O) groups is 3. The van der Waals surface area contributed by atoms with Gasteiger partial charge in [-0.15, -0.1) is 0 Å². The molecule has 2 amide bonds. The van der Waals surface area contributed by atoms with Gasteiger partial charge in [-0.3, -0.25) is 9.59 Å². The molecule has 3 atom stereocenters. The summed E-state index contributed by atoms with van der Waals surface area (Å²) >= 11 is 13.3. The van der Waals surface area contributed by atoms with Crippen molar-refractivity contribution in [2.24, 2.45) is 11.8 Å². The number of hydrogen-bond acceptors (Lipinski definition) is 7. The molecule has 2 aromatic rings. The number of ether oxygens (including phenoxy) is 1. The molecule has 0 bridgehead atoms. The number of thiazole rings is 1. The lowest BCUT2D eigenvalue weighted by Crippen LogP contribution is -2.41. The van der Waals surface area contributed by atoms with Gasteiger partial charge in [-0.2, -0.15) is 0 Å². The van der Waals surface area contributed by atoms with Gasteiger partial charge in [-0.05, 0) is 6.92 Å². The van der Waals surface area contributed by atoms with E-state index in [1.54, 1.807) is 11.8 Å². The maximum absolute atomic E-state index is 12.6. The minimum absolute atomic E-state index is 0.0171. The molecule has 2 aliphatic heterocycles. The first kappa shape index (κ1) is 23.4. The number of fused-ring (bicyclic) bond motifs is 1. The SMILES string of the molecule is Cc1[nH]c(C(=O)N[C@H]2[C@@H]3CN(c4nc(CC(=O)N5CCOCC5)c(C(=O)O)s4)C[C@@H]32)c(Cl)c1Cl. The number of carboxylic acid groups (broad SMARTS) is 1. The second kappa shape index (κ2) is 9.03. The smallest absolute Gasteiger partial charge is 0.347 e. The number of carbonyl (C=O) groups excluding carboxylic acids is 2. The molecular formula is C21H23Cl2N5O5S. The largest absolute Gasteiger partial charge is 0.477 e. The summed E-state index contributed by atoms with van der Waals surface area (Å²) in [5, 5.41) is 13.8. The van der Waals surface area contributed by atoms with Crippen LogP contribution in [0.2, 0.25) is 10.0 Å². The summed E-state index contributed by atoms with van der Waals surface area (Å²) in [6.07, 6.45) is -0.0452. The molecule has 10 nitrogen and oxygen atoms in total. The van der Waals surface area contributed by atoms with Crippen LogP contribution >= 0.6 is 34.5 Å². The van der Waals surface area contributed by atoms with Crippen molar-refractivity contribution in [1.29, 1.82) is 0 Å². The minimum Gasteiger partial charge on any atom is -0.477 e. The fraction of sp³-hybridized carbons (Fsp3) is 0.524. The number of H-pyrrole nitrogens is 1. The van der Waals surface area contributed by atoms with E-state index in [2.05, 4.69) is 15.3 Å². The van der Waals surface area contributed by atoms with Gasteiger partial charge in [0, 0.05) is 49.8 Å². The van der Waals surface area contributed by atoms with E-state index in [9.17, 15) is 19.5 Å². The average molecular weight is 528 g/mol. The fourth-order valence-electron chi connectivity index (χ4n) is 4.68. The minimum atomic E-state index is -1.08. The van der Waals surface area contributed by atoms with Crippen LogP contribution in [0.5, 0.6) is 0 Å². The maximum atomic E-state index is 12.6. The summed E-state index contributed by atoms with van der Waals surface area (Å²) in [6, 6.07) is 0.0171. The Bertz CT molecular complexity index is 1150.